The molecular formula is C23H31ClN2O3. The lowest BCUT2D eigenvalue weighted by Crippen LogP contribution is -2.20. The summed E-state index contributed by atoms with van der Waals surface area (Å²) in [7, 11) is 0. The Morgan fingerprint density at radius 1 is 1.14 bits per heavy atom. The molecule has 0 radical (unpaired) electrons. The first-order valence-corrected chi connectivity index (χ1v) is 10.4. The molecular weight excluding hydrogens is 388 g/mol. The van der Waals surface area contributed by atoms with Crippen LogP contribution in [0.25, 0.3) is 0 Å². The van der Waals surface area contributed by atoms with E-state index in [2.05, 4.69) is 24.5 Å². The lowest BCUT2D eigenvalue weighted by atomic mass is 10.1. The number of carbonyl (C=O) groups is 1. The van der Waals surface area contributed by atoms with Crippen molar-refractivity contribution in [1.82, 2.24) is 5.32 Å². The van der Waals surface area contributed by atoms with Crippen molar-refractivity contribution in [2.75, 3.05) is 25.1 Å². The number of hydrogen-bond acceptors (Lipinski definition) is 4. The van der Waals surface area contributed by atoms with Crippen molar-refractivity contribution in [2.45, 2.75) is 40.7 Å². The molecule has 6 heteroatoms. The molecule has 0 spiro atoms. The molecule has 0 atom stereocenters. The van der Waals surface area contributed by atoms with Gasteiger partial charge in [0.05, 0.1) is 11.6 Å². The SMILES string of the molecule is CCOc1cc(CNCCC(C)C)cc(Cl)c1OCC(=O)Nc1ccc(C)cc1. The molecule has 158 valence electrons. The van der Waals surface area contributed by atoms with Crippen LogP contribution in [0.2, 0.25) is 5.02 Å². The van der Waals surface area contributed by atoms with E-state index in [1.54, 1.807) is 0 Å². The summed E-state index contributed by atoms with van der Waals surface area (Å²) >= 11 is 6.43. The topological polar surface area (TPSA) is 59.6 Å². The third-order valence-corrected chi connectivity index (χ3v) is 4.56. The zero-order valence-corrected chi connectivity index (χ0v) is 18.4. The minimum absolute atomic E-state index is 0.153. The first-order valence-electron chi connectivity index (χ1n) is 10.0. The summed E-state index contributed by atoms with van der Waals surface area (Å²) < 4.78 is 11.4. The molecule has 0 aliphatic carbocycles. The number of nitrogens with one attached hydrogen (secondary N) is 2. The zero-order valence-electron chi connectivity index (χ0n) is 17.7. The molecule has 0 bridgehead atoms. The van der Waals surface area contributed by atoms with E-state index >= 15 is 0 Å². The van der Waals surface area contributed by atoms with E-state index in [1.807, 2.05) is 50.2 Å². The Kier molecular flexibility index (Phi) is 9.29. The maximum Gasteiger partial charge on any atom is 0.262 e. The summed E-state index contributed by atoms with van der Waals surface area (Å²) in [5.41, 5.74) is 2.87. The Bertz CT molecular complexity index is 791. The molecule has 0 unspecified atom stereocenters. The van der Waals surface area contributed by atoms with Crippen LogP contribution in [-0.2, 0) is 11.3 Å². The van der Waals surface area contributed by atoms with Gasteiger partial charge >= 0.3 is 0 Å². The van der Waals surface area contributed by atoms with E-state index in [1.165, 1.54) is 0 Å². The van der Waals surface area contributed by atoms with Crippen LogP contribution in [0, 0.1) is 12.8 Å². The lowest BCUT2D eigenvalue weighted by molar-refractivity contribution is -0.118. The number of anilines is 1. The molecule has 2 N–H and O–H groups in total. The van der Waals surface area contributed by atoms with E-state index < -0.39 is 0 Å². The molecule has 2 aromatic carbocycles. The normalized spacial score (nSPS) is 10.8. The molecule has 0 saturated heterocycles. The van der Waals surface area contributed by atoms with Gasteiger partial charge in [0.2, 0.25) is 0 Å². The number of ether oxygens (including phenoxy) is 2. The van der Waals surface area contributed by atoms with Gasteiger partial charge < -0.3 is 20.1 Å². The second-order valence-corrected chi connectivity index (χ2v) is 7.81. The van der Waals surface area contributed by atoms with Crippen LogP contribution in [0.3, 0.4) is 0 Å². The fourth-order valence-electron chi connectivity index (χ4n) is 2.72. The number of amides is 1. The average Bonchev–Trinajstić information content (AvgIpc) is 2.66. The summed E-state index contributed by atoms with van der Waals surface area (Å²) in [5, 5.41) is 6.65. The monoisotopic (exact) mass is 418 g/mol. The molecule has 0 aliphatic heterocycles. The fourth-order valence-corrected chi connectivity index (χ4v) is 3.01. The highest BCUT2D eigenvalue weighted by molar-refractivity contribution is 6.32. The van der Waals surface area contributed by atoms with Crippen molar-refractivity contribution in [3.8, 4) is 11.5 Å². The van der Waals surface area contributed by atoms with Crippen molar-refractivity contribution < 1.29 is 14.3 Å². The molecule has 0 aliphatic rings. The van der Waals surface area contributed by atoms with Gasteiger partial charge in [-0.3, -0.25) is 4.79 Å². The molecule has 5 nitrogen and oxygen atoms in total. The van der Waals surface area contributed by atoms with Crippen LogP contribution < -0.4 is 20.1 Å². The molecule has 0 aromatic heterocycles. The highest BCUT2D eigenvalue weighted by atomic mass is 35.5. The second kappa shape index (κ2) is 11.7. The van der Waals surface area contributed by atoms with Crippen molar-refractivity contribution in [2.24, 2.45) is 5.92 Å². The van der Waals surface area contributed by atoms with Gasteiger partial charge in [-0.1, -0.05) is 43.1 Å². The van der Waals surface area contributed by atoms with Crippen LogP contribution in [0.4, 0.5) is 5.69 Å². The number of hydrogen-bond donors (Lipinski definition) is 2. The third kappa shape index (κ3) is 7.95. The molecule has 0 fully saturated rings. The van der Waals surface area contributed by atoms with Gasteiger partial charge in [-0.25, -0.2) is 0 Å². The Balaban J connectivity index is 1.98. The van der Waals surface area contributed by atoms with Crippen molar-refractivity contribution in [3.05, 3.63) is 52.5 Å². The van der Waals surface area contributed by atoms with Crippen molar-refractivity contribution >= 4 is 23.2 Å². The van der Waals surface area contributed by atoms with Gasteiger partial charge in [0.25, 0.3) is 5.91 Å². The summed E-state index contributed by atoms with van der Waals surface area (Å²) in [6, 6.07) is 11.3. The van der Waals surface area contributed by atoms with Crippen molar-refractivity contribution in [1.29, 1.82) is 0 Å². The highest BCUT2D eigenvalue weighted by Gasteiger charge is 2.14. The zero-order chi connectivity index (χ0) is 21.2. The van der Waals surface area contributed by atoms with Crippen LogP contribution in [0.15, 0.2) is 36.4 Å². The Labute approximate surface area is 178 Å². The quantitative estimate of drug-likeness (QED) is 0.492. The minimum Gasteiger partial charge on any atom is -0.490 e. The fraction of sp³-hybridized carbons (Fsp3) is 0.435. The number of rotatable bonds is 11. The highest BCUT2D eigenvalue weighted by Crippen LogP contribution is 2.36. The summed E-state index contributed by atoms with van der Waals surface area (Å²) in [6.45, 7) is 10.3. The summed E-state index contributed by atoms with van der Waals surface area (Å²) in [4.78, 5) is 12.2. The second-order valence-electron chi connectivity index (χ2n) is 7.40. The molecule has 0 heterocycles. The van der Waals surface area contributed by atoms with Crippen LogP contribution >= 0.6 is 11.6 Å². The predicted octanol–water partition coefficient (Wildman–Crippen LogP) is 5.20. The largest absolute Gasteiger partial charge is 0.490 e. The molecule has 1 amide bonds. The molecule has 29 heavy (non-hydrogen) atoms. The first kappa shape index (κ1) is 23.0. The Morgan fingerprint density at radius 3 is 2.52 bits per heavy atom. The summed E-state index contributed by atoms with van der Waals surface area (Å²) in [5.74, 6) is 1.33. The van der Waals surface area contributed by atoms with Crippen LogP contribution in [-0.4, -0.2) is 25.7 Å². The van der Waals surface area contributed by atoms with E-state index in [0.29, 0.717) is 35.6 Å². The van der Waals surface area contributed by atoms with Gasteiger partial charge in [0.15, 0.2) is 18.1 Å². The summed E-state index contributed by atoms with van der Waals surface area (Å²) in [6.07, 6.45) is 1.11. The molecule has 2 aromatic rings. The lowest BCUT2D eigenvalue weighted by Gasteiger charge is -2.16. The van der Waals surface area contributed by atoms with E-state index in [9.17, 15) is 4.79 Å². The molecule has 0 saturated carbocycles. The minimum atomic E-state index is -0.258. The van der Waals surface area contributed by atoms with Gasteiger partial charge in [-0.05, 0) is 62.6 Å². The van der Waals surface area contributed by atoms with Gasteiger partial charge in [0.1, 0.15) is 0 Å². The maximum absolute atomic E-state index is 12.2. The third-order valence-electron chi connectivity index (χ3n) is 4.28. The number of aryl methyl sites for hydroxylation is 1. The number of halogens is 1. The van der Waals surface area contributed by atoms with Crippen LogP contribution in [0.5, 0.6) is 11.5 Å². The van der Waals surface area contributed by atoms with E-state index in [-0.39, 0.29) is 12.5 Å². The Hall–Kier alpha value is -2.24. The van der Waals surface area contributed by atoms with Gasteiger partial charge in [0, 0.05) is 12.2 Å². The predicted molar refractivity (Wildman–Crippen MR) is 119 cm³/mol. The van der Waals surface area contributed by atoms with E-state index in [4.69, 9.17) is 21.1 Å². The van der Waals surface area contributed by atoms with Crippen molar-refractivity contribution in [3.63, 3.8) is 0 Å². The van der Waals surface area contributed by atoms with E-state index in [0.717, 1.165) is 29.8 Å². The first-order chi connectivity index (χ1) is 13.9. The van der Waals surface area contributed by atoms with Crippen LogP contribution in [0.1, 0.15) is 38.3 Å². The maximum atomic E-state index is 12.2. The molecule has 2 rings (SSSR count). The Morgan fingerprint density at radius 2 is 1.86 bits per heavy atom. The number of carbonyl (C=O) groups excluding carboxylic acids is 1. The smallest absolute Gasteiger partial charge is 0.262 e. The van der Waals surface area contributed by atoms with Gasteiger partial charge in [-0.2, -0.15) is 0 Å². The standard InChI is InChI=1S/C23H31ClN2O3/c1-5-28-21-13-18(14-25-11-10-16(2)3)12-20(24)23(21)29-15-22(27)26-19-8-6-17(4)7-9-19/h6-9,12-13,16,25H,5,10-11,14-15H2,1-4H3,(H,26,27). The number of benzene rings is 2. The van der Waals surface area contributed by atoms with Gasteiger partial charge in [-0.15, -0.1) is 0 Å². The average molecular weight is 419 g/mol.